The van der Waals surface area contributed by atoms with Crippen molar-refractivity contribution in [3.63, 3.8) is 0 Å². The van der Waals surface area contributed by atoms with Crippen molar-refractivity contribution in [3.8, 4) is 11.5 Å². The summed E-state index contributed by atoms with van der Waals surface area (Å²) in [7, 11) is 0. The third kappa shape index (κ3) is 4.14. The predicted molar refractivity (Wildman–Crippen MR) is 143 cm³/mol. The van der Waals surface area contributed by atoms with Crippen LogP contribution in [0.2, 0.25) is 0 Å². The van der Waals surface area contributed by atoms with E-state index in [0.717, 1.165) is 36.8 Å². The molecule has 1 N–H and O–H groups in total. The van der Waals surface area contributed by atoms with Gasteiger partial charge in [-0.25, -0.2) is 4.98 Å². The highest BCUT2D eigenvalue weighted by molar-refractivity contribution is 8.26. The van der Waals surface area contributed by atoms with Crippen LogP contribution in [0.15, 0.2) is 46.2 Å². The van der Waals surface area contributed by atoms with E-state index in [1.54, 1.807) is 17.2 Å². The second-order valence-electron chi connectivity index (χ2n) is 9.15. The summed E-state index contributed by atoms with van der Waals surface area (Å²) in [5.41, 5.74) is 2.54. The number of hydrogen-bond acceptors (Lipinski definition) is 8. The van der Waals surface area contributed by atoms with E-state index in [9.17, 15) is 9.59 Å². The summed E-state index contributed by atoms with van der Waals surface area (Å²) in [5, 5.41) is 3.48. The number of nitrogens with one attached hydrogen (secondary N) is 1. The Labute approximate surface area is 217 Å². The van der Waals surface area contributed by atoms with Crippen molar-refractivity contribution in [3.05, 3.63) is 68.5 Å². The maximum absolute atomic E-state index is 13.6. The lowest BCUT2D eigenvalue weighted by molar-refractivity contribution is -0.122. The second-order valence-corrected chi connectivity index (χ2v) is 10.8. The zero-order chi connectivity index (χ0) is 24.8. The predicted octanol–water partition coefficient (Wildman–Crippen LogP) is 4.49. The average molecular weight is 521 g/mol. The monoisotopic (exact) mass is 520 g/mol. The molecule has 3 aliphatic rings. The first-order valence-electron chi connectivity index (χ1n) is 11.9. The van der Waals surface area contributed by atoms with Gasteiger partial charge in [-0.1, -0.05) is 49.0 Å². The molecule has 2 aromatic heterocycles. The van der Waals surface area contributed by atoms with Crippen molar-refractivity contribution < 1.29 is 14.3 Å². The molecular weight excluding hydrogens is 496 g/mol. The molecule has 4 heterocycles. The van der Waals surface area contributed by atoms with Crippen molar-refractivity contribution in [1.82, 2.24) is 14.3 Å². The number of hydrogen-bond donors (Lipinski definition) is 1. The van der Waals surface area contributed by atoms with Crippen LogP contribution in [-0.2, 0) is 11.3 Å². The highest BCUT2D eigenvalue weighted by Crippen LogP contribution is 2.37. The number of aryl methyl sites for hydroxylation is 1. The minimum Gasteiger partial charge on any atom is -0.454 e. The molecule has 3 aromatic rings. The van der Waals surface area contributed by atoms with Gasteiger partial charge in [0.25, 0.3) is 11.5 Å². The first-order valence-corrected chi connectivity index (χ1v) is 13.1. The number of nitrogens with zero attached hydrogens (tertiary/aromatic N) is 3. The van der Waals surface area contributed by atoms with Gasteiger partial charge in [-0.3, -0.25) is 18.9 Å². The summed E-state index contributed by atoms with van der Waals surface area (Å²) in [6.45, 7) is 2.43. The van der Waals surface area contributed by atoms with Crippen LogP contribution in [0.1, 0.15) is 42.4 Å². The van der Waals surface area contributed by atoms with Crippen LogP contribution < -0.4 is 20.3 Å². The molecule has 8 nitrogen and oxygen atoms in total. The number of benzene rings is 1. The largest absolute Gasteiger partial charge is 0.454 e. The lowest BCUT2D eigenvalue weighted by Crippen LogP contribution is -2.27. The fraction of sp³-hybridized carbons (Fsp3) is 0.308. The fourth-order valence-electron chi connectivity index (χ4n) is 4.80. The topological polar surface area (TPSA) is 85.2 Å². The van der Waals surface area contributed by atoms with Gasteiger partial charge >= 0.3 is 0 Å². The summed E-state index contributed by atoms with van der Waals surface area (Å²) >= 11 is 6.74. The summed E-state index contributed by atoms with van der Waals surface area (Å²) < 4.78 is 12.8. The molecule has 10 heteroatoms. The number of carbonyl (C=O) groups is 1. The number of anilines is 1. The molecule has 0 bridgehead atoms. The number of thioether (sulfide) groups is 1. The van der Waals surface area contributed by atoms with Gasteiger partial charge in [0.15, 0.2) is 11.5 Å². The van der Waals surface area contributed by atoms with Gasteiger partial charge in [-0.05, 0) is 55.2 Å². The smallest absolute Gasteiger partial charge is 0.267 e. The molecule has 6 rings (SSSR count). The summed E-state index contributed by atoms with van der Waals surface area (Å²) in [6.07, 6.45) is 7.71. The van der Waals surface area contributed by atoms with Gasteiger partial charge in [0.1, 0.15) is 15.8 Å². The zero-order valence-corrected chi connectivity index (χ0v) is 21.3. The molecule has 1 aliphatic carbocycles. The van der Waals surface area contributed by atoms with E-state index < -0.39 is 0 Å². The van der Waals surface area contributed by atoms with Crippen LogP contribution >= 0.6 is 24.0 Å². The van der Waals surface area contributed by atoms with E-state index in [1.165, 1.54) is 16.2 Å². The molecule has 0 atom stereocenters. The Morgan fingerprint density at radius 2 is 2.00 bits per heavy atom. The number of aromatic nitrogens is 2. The Morgan fingerprint density at radius 3 is 2.83 bits per heavy atom. The molecule has 2 fully saturated rings. The highest BCUT2D eigenvalue weighted by Gasteiger charge is 2.33. The minimum atomic E-state index is -0.233. The minimum absolute atomic E-state index is 0.189. The average Bonchev–Trinajstić information content (AvgIpc) is 3.60. The number of rotatable bonds is 5. The molecule has 1 aromatic carbocycles. The maximum atomic E-state index is 13.6. The van der Waals surface area contributed by atoms with Crippen LogP contribution in [0, 0.1) is 6.92 Å². The number of pyridine rings is 1. The van der Waals surface area contributed by atoms with Crippen LogP contribution in [0.25, 0.3) is 11.7 Å². The molecule has 1 saturated heterocycles. The van der Waals surface area contributed by atoms with Gasteiger partial charge in [0, 0.05) is 12.2 Å². The van der Waals surface area contributed by atoms with E-state index >= 15 is 0 Å². The standard InChI is InChI=1S/C26H24N4O4S2/c1-15-5-4-10-29-23(15)28-22(27-17-6-2-3-7-17)18(24(29)31)12-21-25(32)30(26(35)36-21)13-16-8-9-19-20(11-16)34-14-33-19/h4-5,8-12,17,27H,2-3,6-7,13-14H2,1H3/b21-12+. The van der Waals surface area contributed by atoms with Crippen molar-refractivity contribution >= 4 is 51.7 Å². The first-order chi connectivity index (χ1) is 17.5. The van der Waals surface area contributed by atoms with Gasteiger partial charge < -0.3 is 14.8 Å². The van der Waals surface area contributed by atoms with Crippen molar-refractivity contribution in [2.45, 2.75) is 45.2 Å². The van der Waals surface area contributed by atoms with E-state index in [1.807, 2.05) is 37.3 Å². The third-order valence-corrected chi connectivity index (χ3v) is 8.08. The van der Waals surface area contributed by atoms with Gasteiger partial charge in [-0.2, -0.15) is 0 Å². The Bertz CT molecular complexity index is 1490. The number of ether oxygens (including phenoxy) is 2. The lowest BCUT2D eigenvalue weighted by atomic mass is 10.2. The van der Waals surface area contributed by atoms with E-state index in [2.05, 4.69) is 5.32 Å². The Kier molecular flexibility index (Phi) is 5.93. The fourth-order valence-corrected chi connectivity index (χ4v) is 6.04. The molecule has 0 radical (unpaired) electrons. The molecule has 1 amide bonds. The number of thiocarbonyl (C=S) groups is 1. The zero-order valence-electron chi connectivity index (χ0n) is 19.7. The summed E-state index contributed by atoms with van der Waals surface area (Å²) in [4.78, 5) is 33.7. The molecule has 0 spiro atoms. The van der Waals surface area contributed by atoms with Crippen LogP contribution in [0.4, 0.5) is 5.82 Å². The van der Waals surface area contributed by atoms with Gasteiger partial charge in [-0.15, -0.1) is 0 Å². The maximum Gasteiger partial charge on any atom is 0.267 e. The van der Waals surface area contributed by atoms with Gasteiger partial charge in [0.05, 0.1) is 17.0 Å². The number of amides is 1. The van der Waals surface area contributed by atoms with Crippen molar-refractivity contribution in [1.29, 1.82) is 0 Å². The SMILES string of the molecule is Cc1cccn2c(=O)c(/C=C3/SC(=S)N(Cc4ccc5c(c4)OCO5)C3=O)c(NC3CCCC3)nc12. The Balaban J connectivity index is 1.36. The van der Waals surface area contributed by atoms with Crippen LogP contribution in [-0.4, -0.2) is 37.3 Å². The van der Waals surface area contributed by atoms with E-state index in [4.69, 9.17) is 26.7 Å². The van der Waals surface area contributed by atoms with Crippen LogP contribution in [0.5, 0.6) is 11.5 Å². The van der Waals surface area contributed by atoms with E-state index in [0.29, 0.717) is 44.3 Å². The second kappa shape index (κ2) is 9.25. The Morgan fingerprint density at radius 1 is 1.19 bits per heavy atom. The molecular formula is C26H24N4O4S2. The number of carbonyl (C=O) groups excluding carboxylic acids is 1. The summed E-state index contributed by atoms with van der Waals surface area (Å²) in [5.74, 6) is 1.62. The molecule has 2 aliphatic heterocycles. The molecule has 0 unspecified atom stereocenters. The number of fused-ring (bicyclic) bond motifs is 2. The summed E-state index contributed by atoms with van der Waals surface area (Å²) in [6, 6.07) is 9.59. The first kappa shape index (κ1) is 23.1. The normalized spacial score (nSPS) is 18.7. The molecule has 36 heavy (non-hydrogen) atoms. The quantitative estimate of drug-likeness (QED) is 0.389. The van der Waals surface area contributed by atoms with E-state index in [-0.39, 0.29) is 24.3 Å². The van der Waals surface area contributed by atoms with Crippen molar-refractivity contribution in [2.24, 2.45) is 0 Å². The third-order valence-electron chi connectivity index (χ3n) is 6.71. The van der Waals surface area contributed by atoms with Crippen molar-refractivity contribution in [2.75, 3.05) is 12.1 Å². The molecule has 184 valence electrons. The highest BCUT2D eigenvalue weighted by atomic mass is 32.2. The lowest BCUT2D eigenvalue weighted by Gasteiger charge is -2.16. The molecule has 1 saturated carbocycles. The Hall–Kier alpha value is -3.37. The van der Waals surface area contributed by atoms with Gasteiger partial charge in [0.2, 0.25) is 6.79 Å². The van der Waals surface area contributed by atoms with Crippen LogP contribution in [0.3, 0.4) is 0 Å².